The van der Waals surface area contributed by atoms with Crippen LogP contribution in [0.25, 0.3) is 0 Å². The van der Waals surface area contributed by atoms with Crippen LogP contribution in [-0.4, -0.2) is 11.5 Å². The Bertz CT molecular complexity index is 331. The predicted molar refractivity (Wildman–Crippen MR) is 68.3 cm³/mol. The van der Waals surface area contributed by atoms with Crippen molar-refractivity contribution in [2.45, 2.75) is 45.7 Å². The van der Waals surface area contributed by atoms with Crippen LogP contribution in [-0.2, 0) is 13.1 Å². The molecule has 0 aromatic carbocycles. The number of hydrogen-bond donors (Lipinski definition) is 2. The topological polar surface area (TPSA) is 50.9 Å². The molecule has 0 radical (unpaired) electrons. The molecule has 2 rings (SSSR count). The highest BCUT2D eigenvalue weighted by molar-refractivity contribution is 7.09. The van der Waals surface area contributed by atoms with Crippen LogP contribution >= 0.6 is 11.3 Å². The quantitative estimate of drug-likeness (QED) is 0.767. The molecular formula is C12H21N3S. The summed E-state index contributed by atoms with van der Waals surface area (Å²) in [6.07, 6.45) is 5.47. The number of hydrogen-bond acceptors (Lipinski definition) is 4. The molecule has 1 saturated carbocycles. The van der Waals surface area contributed by atoms with Crippen molar-refractivity contribution < 1.29 is 0 Å². The van der Waals surface area contributed by atoms with Crippen LogP contribution in [0.3, 0.4) is 0 Å². The summed E-state index contributed by atoms with van der Waals surface area (Å²) >= 11 is 1.66. The van der Waals surface area contributed by atoms with Gasteiger partial charge in [-0.2, -0.15) is 0 Å². The van der Waals surface area contributed by atoms with E-state index in [4.69, 9.17) is 5.73 Å². The van der Waals surface area contributed by atoms with Crippen molar-refractivity contribution in [3.05, 3.63) is 16.1 Å². The molecule has 16 heavy (non-hydrogen) atoms. The van der Waals surface area contributed by atoms with Crippen molar-refractivity contribution in [1.29, 1.82) is 0 Å². The first-order valence-corrected chi connectivity index (χ1v) is 7.00. The largest absolute Gasteiger partial charge is 0.325 e. The SMILES string of the molecule is CCCC1(CNCc2csc(CN)n2)CC1. The number of nitrogens with one attached hydrogen (secondary N) is 1. The van der Waals surface area contributed by atoms with Gasteiger partial charge in [-0.25, -0.2) is 4.98 Å². The van der Waals surface area contributed by atoms with Crippen molar-refractivity contribution in [2.24, 2.45) is 11.1 Å². The molecule has 0 spiro atoms. The summed E-state index contributed by atoms with van der Waals surface area (Å²) in [5.41, 5.74) is 7.30. The molecule has 1 aromatic rings. The zero-order valence-electron chi connectivity index (χ0n) is 9.96. The van der Waals surface area contributed by atoms with E-state index >= 15 is 0 Å². The smallest absolute Gasteiger partial charge is 0.106 e. The maximum absolute atomic E-state index is 5.54. The normalized spacial score (nSPS) is 17.6. The van der Waals surface area contributed by atoms with E-state index in [-0.39, 0.29) is 0 Å². The van der Waals surface area contributed by atoms with Crippen LogP contribution in [0.5, 0.6) is 0 Å². The summed E-state index contributed by atoms with van der Waals surface area (Å²) in [5.74, 6) is 0. The van der Waals surface area contributed by atoms with Crippen molar-refractivity contribution in [1.82, 2.24) is 10.3 Å². The van der Waals surface area contributed by atoms with E-state index in [0.717, 1.165) is 23.8 Å². The van der Waals surface area contributed by atoms with E-state index in [1.807, 2.05) is 0 Å². The van der Waals surface area contributed by atoms with Gasteiger partial charge in [-0.15, -0.1) is 11.3 Å². The van der Waals surface area contributed by atoms with Gasteiger partial charge in [0.1, 0.15) is 5.01 Å². The Labute approximate surface area is 101 Å². The molecule has 0 unspecified atom stereocenters. The Balaban J connectivity index is 1.71. The Morgan fingerprint density at radius 2 is 2.38 bits per heavy atom. The number of nitrogens with two attached hydrogens (primary N) is 1. The number of rotatable bonds is 7. The lowest BCUT2D eigenvalue weighted by Gasteiger charge is -2.14. The molecule has 1 aliphatic rings. The standard InChI is InChI=1S/C12H21N3S/c1-2-3-12(4-5-12)9-14-7-10-8-16-11(6-13)15-10/h8,14H,2-7,9,13H2,1H3. The Hall–Kier alpha value is -0.450. The van der Waals surface area contributed by atoms with Crippen LogP contribution in [0, 0.1) is 5.41 Å². The molecule has 0 saturated heterocycles. The third-order valence-electron chi connectivity index (χ3n) is 3.32. The summed E-state index contributed by atoms with van der Waals surface area (Å²) in [4.78, 5) is 4.45. The Morgan fingerprint density at radius 1 is 1.56 bits per heavy atom. The molecule has 0 bridgehead atoms. The molecule has 1 aliphatic carbocycles. The fourth-order valence-electron chi connectivity index (χ4n) is 2.20. The lowest BCUT2D eigenvalue weighted by molar-refractivity contribution is 0.419. The second-order valence-corrected chi connectivity index (χ2v) is 5.73. The molecular weight excluding hydrogens is 218 g/mol. The van der Waals surface area contributed by atoms with Crippen LogP contribution < -0.4 is 11.1 Å². The van der Waals surface area contributed by atoms with Crippen LogP contribution in [0.15, 0.2) is 5.38 Å². The third-order valence-corrected chi connectivity index (χ3v) is 4.24. The zero-order valence-corrected chi connectivity index (χ0v) is 10.8. The summed E-state index contributed by atoms with van der Waals surface area (Å²) in [7, 11) is 0. The van der Waals surface area contributed by atoms with Gasteiger partial charge in [0.25, 0.3) is 0 Å². The minimum Gasteiger partial charge on any atom is -0.325 e. The zero-order chi connectivity index (χ0) is 11.4. The van der Waals surface area contributed by atoms with Gasteiger partial charge in [-0.1, -0.05) is 13.3 Å². The Kier molecular flexibility index (Phi) is 3.95. The van der Waals surface area contributed by atoms with Gasteiger partial charge < -0.3 is 11.1 Å². The molecule has 4 heteroatoms. The van der Waals surface area contributed by atoms with Gasteiger partial charge in [-0.3, -0.25) is 0 Å². The second kappa shape index (κ2) is 5.25. The summed E-state index contributed by atoms with van der Waals surface area (Å²) in [5, 5.41) is 6.67. The molecule has 0 amide bonds. The number of nitrogens with zero attached hydrogens (tertiary/aromatic N) is 1. The number of thiazole rings is 1. The highest BCUT2D eigenvalue weighted by Gasteiger charge is 2.40. The van der Waals surface area contributed by atoms with Gasteiger partial charge in [-0.05, 0) is 24.7 Å². The third kappa shape index (κ3) is 3.03. The molecule has 1 fully saturated rings. The molecule has 3 N–H and O–H groups in total. The number of aromatic nitrogens is 1. The summed E-state index contributed by atoms with van der Waals surface area (Å²) in [6, 6.07) is 0. The van der Waals surface area contributed by atoms with Gasteiger partial charge in [0.15, 0.2) is 0 Å². The van der Waals surface area contributed by atoms with Gasteiger partial charge in [0, 0.05) is 25.0 Å². The van der Waals surface area contributed by atoms with Gasteiger partial charge in [0.2, 0.25) is 0 Å². The predicted octanol–water partition coefficient (Wildman–Crippen LogP) is 2.27. The summed E-state index contributed by atoms with van der Waals surface area (Å²) in [6.45, 7) is 4.87. The van der Waals surface area contributed by atoms with Crippen molar-refractivity contribution in [3.63, 3.8) is 0 Å². The molecule has 90 valence electrons. The summed E-state index contributed by atoms with van der Waals surface area (Å²) < 4.78 is 0. The first-order valence-electron chi connectivity index (χ1n) is 6.12. The minimum atomic E-state index is 0.560. The van der Waals surface area contributed by atoms with Crippen LogP contribution in [0.1, 0.15) is 43.3 Å². The maximum Gasteiger partial charge on any atom is 0.106 e. The maximum atomic E-state index is 5.54. The van der Waals surface area contributed by atoms with Gasteiger partial charge in [0.05, 0.1) is 5.69 Å². The van der Waals surface area contributed by atoms with Crippen molar-refractivity contribution in [3.8, 4) is 0 Å². The van der Waals surface area contributed by atoms with Crippen LogP contribution in [0.2, 0.25) is 0 Å². The fraction of sp³-hybridized carbons (Fsp3) is 0.750. The van der Waals surface area contributed by atoms with E-state index < -0.39 is 0 Å². The van der Waals surface area contributed by atoms with E-state index in [1.54, 1.807) is 11.3 Å². The highest BCUT2D eigenvalue weighted by atomic mass is 32.1. The second-order valence-electron chi connectivity index (χ2n) is 4.79. The van der Waals surface area contributed by atoms with Crippen LogP contribution in [0.4, 0.5) is 0 Å². The van der Waals surface area contributed by atoms with Gasteiger partial charge >= 0.3 is 0 Å². The molecule has 3 nitrogen and oxygen atoms in total. The highest BCUT2D eigenvalue weighted by Crippen LogP contribution is 2.48. The van der Waals surface area contributed by atoms with E-state index in [0.29, 0.717) is 12.0 Å². The Morgan fingerprint density at radius 3 is 2.94 bits per heavy atom. The van der Waals surface area contributed by atoms with E-state index in [1.165, 1.54) is 25.7 Å². The molecule has 1 aromatic heterocycles. The van der Waals surface area contributed by atoms with Crippen molar-refractivity contribution >= 4 is 11.3 Å². The monoisotopic (exact) mass is 239 g/mol. The first-order chi connectivity index (χ1) is 7.78. The fourth-order valence-corrected chi connectivity index (χ4v) is 2.88. The minimum absolute atomic E-state index is 0.560. The average molecular weight is 239 g/mol. The lowest BCUT2D eigenvalue weighted by atomic mass is 10.0. The molecule has 0 aliphatic heterocycles. The first kappa shape index (κ1) is 12.0. The molecule has 1 heterocycles. The molecule has 0 atom stereocenters. The van der Waals surface area contributed by atoms with E-state index in [9.17, 15) is 0 Å². The van der Waals surface area contributed by atoms with Crippen molar-refractivity contribution in [2.75, 3.05) is 6.54 Å². The lowest BCUT2D eigenvalue weighted by Crippen LogP contribution is -2.23. The average Bonchev–Trinajstić information content (AvgIpc) is 2.89. The van der Waals surface area contributed by atoms with E-state index in [2.05, 4.69) is 22.6 Å².